The molecule has 0 unspecified atom stereocenters. The van der Waals surface area contributed by atoms with Gasteiger partial charge in [-0.2, -0.15) is 0 Å². The van der Waals surface area contributed by atoms with Gasteiger partial charge in [0.1, 0.15) is 11.5 Å². The lowest BCUT2D eigenvalue weighted by atomic mass is 10.4. The van der Waals surface area contributed by atoms with E-state index in [0.717, 1.165) is 0 Å². The highest BCUT2D eigenvalue weighted by atomic mass is 35.5. The van der Waals surface area contributed by atoms with E-state index in [0.29, 0.717) is 17.2 Å². The number of hydrogen-bond donors (Lipinski definition) is 3. The zero-order valence-corrected chi connectivity index (χ0v) is 8.82. The molecule has 7 heteroatoms. The van der Waals surface area contributed by atoms with Gasteiger partial charge in [-0.1, -0.05) is 0 Å². The van der Waals surface area contributed by atoms with Crippen molar-refractivity contribution in [1.29, 1.82) is 0 Å². The molecule has 1 amide bonds. The maximum atomic E-state index is 11.6. The number of nitrogens with zero attached hydrogens (tertiary/aromatic N) is 2. The van der Waals surface area contributed by atoms with Crippen LogP contribution < -0.4 is 11.1 Å². The van der Waals surface area contributed by atoms with E-state index in [1.54, 1.807) is 0 Å². The lowest BCUT2D eigenvalue weighted by Crippen LogP contribution is -2.13. The molecule has 0 aliphatic carbocycles. The number of nitrogen functional groups attached to an aromatic ring is 1. The lowest BCUT2D eigenvalue weighted by Gasteiger charge is -2.01. The van der Waals surface area contributed by atoms with Crippen LogP contribution >= 0.6 is 11.6 Å². The SMILES string of the molecule is Nc1c[nH]c(C(=O)Nc2ccnc(Cl)n2)c1. The van der Waals surface area contributed by atoms with Crippen LogP contribution in [0.5, 0.6) is 0 Å². The Kier molecular flexibility index (Phi) is 2.74. The Morgan fingerprint density at radius 3 is 3.00 bits per heavy atom. The number of anilines is 2. The summed E-state index contributed by atoms with van der Waals surface area (Å²) in [6, 6.07) is 3.06. The van der Waals surface area contributed by atoms with Crippen LogP contribution in [0.4, 0.5) is 11.5 Å². The second-order valence-corrected chi connectivity index (χ2v) is 3.35. The molecule has 4 N–H and O–H groups in total. The highest BCUT2D eigenvalue weighted by Gasteiger charge is 2.08. The number of nitrogens with one attached hydrogen (secondary N) is 2. The minimum Gasteiger partial charge on any atom is -0.397 e. The highest BCUT2D eigenvalue weighted by Crippen LogP contribution is 2.09. The molecule has 0 aromatic carbocycles. The molecule has 16 heavy (non-hydrogen) atoms. The van der Waals surface area contributed by atoms with Gasteiger partial charge >= 0.3 is 0 Å². The van der Waals surface area contributed by atoms with Crippen LogP contribution in [0.2, 0.25) is 5.28 Å². The third kappa shape index (κ3) is 2.29. The van der Waals surface area contributed by atoms with Crippen molar-refractivity contribution in [2.45, 2.75) is 0 Å². The summed E-state index contributed by atoms with van der Waals surface area (Å²) in [6.45, 7) is 0. The normalized spacial score (nSPS) is 10.1. The van der Waals surface area contributed by atoms with Gasteiger partial charge in [-0.15, -0.1) is 0 Å². The van der Waals surface area contributed by atoms with Crippen LogP contribution in [0.25, 0.3) is 0 Å². The topological polar surface area (TPSA) is 96.7 Å². The summed E-state index contributed by atoms with van der Waals surface area (Å²) in [7, 11) is 0. The molecule has 0 bridgehead atoms. The first-order chi connectivity index (χ1) is 7.65. The van der Waals surface area contributed by atoms with Crippen molar-refractivity contribution in [3.05, 3.63) is 35.5 Å². The monoisotopic (exact) mass is 237 g/mol. The number of amides is 1. The van der Waals surface area contributed by atoms with Gasteiger partial charge in [0.25, 0.3) is 5.91 Å². The Bertz CT molecular complexity index is 524. The van der Waals surface area contributed by atoms with Gasteiger partial charge in [0, 0.05) is 18.1 Å². The largest absolute Gasteiger partial charge is 0.397 e. The summed E-state index contributed by atoms with van der Waals surface area (Å²) in [5, 5.41) is 2.62. The Morgan fingerprint density at radius 1 is 1.56 bits per heavy atom. The van der Waals surface area contributed by atoms with Crippen LogP contribution in [0.3, 0.4) is 0 Å². The Hall–Kier alpha value is -2.08. The smallest absolute Gasteiger partial charge is 0.273 e. The lowest BCUT2D eigenvalue weighted by molar-refractivity contribution is 0.102. The van der Waals surface area contributed by atoms with E-state index in [-0.39, 0.29) is 11.2 Å². The average molecular weight is 238 g/mol. The number of nitrogens with two attached hydrogens (primary N) is 1. The number of aromatic amines is 1. The molecule has 2 rings (SSSR count). The van der Waals surface area contributed by atoms with Crippen molar-refractivity contribution in [2.24, 2.45) is 0 Å². The number of hydrogen-bond acceptors (Lipinski definition) is 4. The summed E-state index contributed by atoms with van der Waals surface area (Å²) >= 11 is 5.58. The zero-order chi connectivity index (χ0) is 11.5. The average Bonchev–Trinajstić information content (AvgIpc) is 2.65. The highest BCUT2D eigenvalue weighted by molar-refractivity contribution is 6.28. The number of rotatable bonds is 2. The van der Waals surface area contributed by atoms with E-state index in [4.69, 9.17) is 17.3 Å². The molecule has 2 aromatic heterocycles. The summed E-state index contributed by atoms with van der Waals surface area (Å²) in [5.74, 6) is -0.00959. The number of halogens is 1. The van der Waals surface area contributed by atoms with Crippen LogP contribution in [0, 0.1) is 0 Å². The molecule has 0 aliphatic rings. The molecule has 0 atom stereocenters. The first-order valence-corrected chi connectivity index (χ1v) is 4.77. The number of aromatic nitrogens is 3. The number of carbonyl (C=O) groups is 1. The molecule has 82 valence electrons. The van der Waals surface area contributed by atoms with Crippen LogP contribution in [-0.2, 0) is 0 Å². The van der Waals surface area contributed by atoms with Crippen molar-refractivity contribution in [3.63, 3.8) is 0 Å². The molecule has 0 fully saturated rings. The van der Waals surface area contributed by atoms with E-state index < -0.39 is 0 Å². The quantitative estimate of drug-likeness (QED) is 0.686. The van der Waals surface area contributed by atoms with E-state index in [2.05, 4.69) is 20.3 Å². The zero-order valence-electron chi connectivity index (χ0n) is 8.07. The molecule has 2 heterocycles. The third-order valence-corrected chi connectivity index (χ3v) is 2.00. The first kappa shape index (κ1) is 10.4. The van der Waals surface area contributed by atoms with Gasteiger partial charge in [0.15, 0.2) is 0 Å². The van der Waals surface area contributed by atoms with E-state index in [1.165, 1.54) is 24.5 Å². The molecule has 2 aromatic rings. The fourth-order valence-electron chi connectivity index (χ4n) is 1.13. The first-order valence-electron chi connectivity index (χ1n) is 4.39. The van der Waals surface area contributed by atoms with E-state index in [1.807, 2.05) is 0 Å². The van der Waals surface area contributed by atoms with Crippen LogP contribution in [0.1, 0.15) is 10.5 Å². The summed E-state index contributed by atoms with van der Waals surface area (Å²) in [6.07, 6.45) is 2.98. The third-order valence-electron chi connectivity index (χ3n) is 1.82. The van der Waals surface area contributed by atoms with Gasteiger partial charge < -0.3 is 16.0 Å². The fourth-order valence-corrected chi connectivity index (χ4v) is 1.28. The Morgan fingerprint density at radius 2 is 2.38 bits per heavy atom. The Labute approximate surface area is 95.9 Å². The summed E-state index contributed by atoms with van der Waals surface area (Å²) in [4.78, 5) is 21.9. The van der Waals surface area contributed by atoms with E-state index in [9.17, 15) is 4.79 Å². The van der Waals surface area contributed by atoms with Crippen molar-refractivity contribution in [2.75, 3.05) is 11.1 Å². The van der Waals surface area contributed by atoms with Gasteiger partial charge in [0.05, 0.1) is 0 Å². The van der Waals surface area contributed by atoms with Crippen molar-refractivity contribution in [3.8, 4) is 0 Å². The molecule has 0 saturated carbocycles. The number of H-pyrrole nitrogens is 1. The molecular weight excluding hydrogens is 230 g/mol. The second kappa shape index (κ2) is 4.19. The van der Waals surface area contributed by atoms with Gasteiger partial charge in [-0.05, 0) is 23.7 Å². The minimum absolute atomic E-state index is 0.0730. The predicted octanol–water partition coefficient (Wildman–Crippen LogP) is 1.29. The van der Waals surface area contributed by atoms with Crippen molar-refractivity contribution in [1.82, 2.24) is 15.0 Å². The second-order valence-electron chi connectivity index (χ2n) is 3.01. The number of carbonyl (C=O) groups excluding carboxylic acids is 1. The molecule has 0 saturated heterocycles. The standard InChI is InChI=1S/C9H8ClN5O/c10-9-12-2-1-7(15-9)14-8(16)6-3-5(11)4-13-6/h1-4,13H,11H2,(H,12,14,15,16). The van der Waals surface area contributed by atoms with Crippen molar-refractivity contribution >= 4 is 29.0 Å². The van der Waals surface area contributed by atoms with Gasteiger partial charge in [-0.25, -0.2) is 9.97 Å². The molecule has 0 radical (unpaired) electrons. The summed E-state index contributed by atoms with van der Waals surface area (Å²) < 4.78 is 0. The molecule has 0 spiro atoms. The molecule has 6 nitrogen and oxygen atoms in total. The molecule has 0 aliphatic heterocycles. The minimum atomic E-state index is -0.341. The van der Waals surface area contributed by atoms with Gasteiger partial charge in [0.2, 0.25) is 5.28 Å². The van der Waals surface area contributed by atoms with Crippen molar-refractivity contribution < 1.29 is 4.79 Å². The van der Waals surface area contributed by atoms with Crippen LogP contribution in [0.15, 0.2) is 24.5 Å². The Balaban J connectivity index is 2.13. The van der Waals surface area contributed by atoms with Gasteiger partial charge in [-0.3, -0.25) is 4.79 Å². The molecular formula is C9H8ClN5O. The van der Waals surface area contributed by atoms with Crippen LogP contribution in [-0.4, -0.2) is 20.9 Å². The maximum absolute atomic E-state index is 11.6. The predicted molar refractivity (Wildman–Crippen MR) is 60.2 cm³/mol. The maximum Gasteiger partial charge on any atom is 0.273 e. The fraction of sp³-hybridized carbons (Fsp3) is 0. The summed E-state index contributed by atoms with van der Waals surface area (Å²) in [5.41, 5.74) is 6.32. The van der Waals surface area contributed by atoms with E-state index >= 15 is 0 Å².